The van der Waals surface area contributed by atoms with Crippen molar-refractivity contribution in [2.75, 3.05) is 6.54 Å². The van der Waals surface area contributed by atoms with Gasteiger partial charge >= 0.3 is 0 Å². The second-order valence-electron chi connectivity index (χ2n) is 2.96. The van der Waals surface area contributed by atoms with E-state index in [1.807, 2.05) is 6.92 Å². The summed E-state index contributed by atoms with van der Waals surface area (Å²) in [5.74, 6) is 0.341. The van der Waals surface area contributed by atoms with Gasteiger partial charge in [-0.2, -0.15) is 0 Å². The van der Waals surface area contributed by atoms with E-state index in [0.717, 1.165) is 6.42 Å². The zero-order chi connectivity index (χ0) is 10.6. The normalized spacial score (nSPS) is 12.6. The predicted molar refractivity (Wildman–Crippen MR) is 57.9 cm³/mol. The van der Waals surface area contributed by atoms with E-state index in [9.17, 15) is 4.39 Å². The molecule has 2 nitrogen and oxygen atoms in total. The second kappa shape index (κ2) is 5.32. The van der Waals surface area contributed by atoms with Crippen LogP contribution in [0.5, 0.6) is 5.75 Å². The van der Waals surface area contributed by atoms with Crippen LogP contribution in [-0.2, 0) is 0 Å². The first kappa shape index (κ1) is 11.5. The molecule has 1 unspecified atom stereocenters. The second-order valence-corrected chi connectivity index (χ2v) is 3.81. The van der Waals surface area contributed by atoms with Crippen LogP contribution in [0.15, 0.2) is 22.7 Å². The lowest BCUT2D eigenvalue weighted by molar-refractivity contribution is 0.203. The van der Waals surface area contributed by atoms with Gasteiger partial charge < -0.3 is 10.5 Å². The topological polar surface area (TPSA) is 35.2 Å². The first-order valence-electron chi connectivity index (χ1n) is 4.49. The van der Waals surface area contributed by atoms with Crippen LogP contribution in [0.4, 0.5) is 4.39 Å². The van der Waals surface area contributed by atoms with Crippen LogP contribution < -0.4 is 10.5 Å². The van der Waals surface area contributed by atoms with E-state index in [-0.39, 0.29) is 11.9 Å². The van der Waals surface area contributed by atoms with E-state index < -0.39 is 0 Å². The Bertz CT molecular complexity index is 302. The van der Waals surface area contributed by atoms with Gasteiger partial charge in [0.1, 0.15) is 17.7 Å². The summed E-state index contributed by atoms with van der Waals surface area (Å²) in [6, 6.07) is 4.33. The Morgan fingerprint density at radius 2 is 2.29 bits per heavy atom. The van der Waals surface area contributed by atoms with Crippen LogP contribution in [0.3, 0.4) is 0 Å². The molecule has 0 amide bonds. The van der Waals surface area contributed by atoms with Crippen molar-refractivity contribution in [3.8, 4) is 5.75 Å². The zero-order valence-electron chi connectivity index (χ0n) is 7.97. The third kappa shape index (κ3) is 2.96. The van der Waals surface area contributed by atoms with E-state index in [4.69, 9.17) is 10.5 Å². The number of benzene rings is 1. The molecule has 1 aromatic rings. The highest BCUT2D eigenvalue weighted by atomic mass is 79.9. The van der Waals surface area contributed by atoms with Gasteiger partial charge in [0.15, 0.2) is 0 Å². The number of hydrogen-bond donors (Lipinski definition) is 1. The maximum Gasteiger partial charge on any atom is 0.134 e. The van der Waals surface area contributed by atoms with Gasteiger partial charge in [0, 0.05) is 6.54 Å². The highest BCUT2D eigenvalue weighted by Gasteiger charge is 2.08. The Hall–Kier alpha value is -0.610. The Labute approximate surface area is 91.4 Å². The molecule has 14 heavy (non-hydrogen) atoms. The number of nitrogens with two attached hydrogens (primary N) is 1. The summed E-state index contributed by atoms with van der Waals surface area (Å²) in [7, 11) is 0. The Kier molecular flexibility index (Phi) is 4.35. The van der Waals surface area contributed by atoms with Gasteiger partial charge in [0.05, 0.1) is 4.47 Å². The van der Waals surface area contributed by atoms with Gasteiger partial charge in [0.2, 0.25) is 0 Å². The minimum Gasteiger partial charge on any atom is -0.488 e. The molecule has 0 bridgehead atoms. The average Bonchev–Trinajstić information content (AvgIpc) is 2.17. The lowest BCUT2D eigenvalue weighted by atomic mass is 10.2. The van der Waals surface area contributed by atoms with E-state index >= 15 is 0 Å². The van der Waals surface area contributed by atoms with Gasteiger partial charge in [-0.25, -0.2) is 4.39 Å². The fraction of sp³-hybridized carbons (Fsp3) is 0.400. The summed E-state index contributed by atoms with van der Waals surface area (Å²) in [4.78, 5) is 0. The molecular formula is C10H13BrFNO. The Morgan fingerprint density at radius 1 is 1.57 bits per heavy atom. The van der Waals surface area contributed by atoms with Crippen LogP contribution in [0, 0.1) is 5.82 Å². The highest BCUT2D eigenvalue weighted by molar-refractivity contribution is 9.10. The molecule has 1 atom stereocenters. The monoisotopic (exact) mass is 261 g/mol. The van der Waals surface area contributed by atoms with Crippen LogP contribution in [0.2, 0.25) is 0 Å². The maximum atomic E-state index is 12.7. The van der Waals surface area contributed by atoms with E-state index in [1.165, 1.54) is 12.1 Å². The molecule has 2 N–H and O–H groups in total. The first-order chi connectivity index (χ1) is 6.67. The molecule has 1 aromatic carbocycles. The van der Waals surface area contributed by atoms with Gasteiger partial charge in [-0.1, -0.05) is 6.92 Å². The van der Waals surface area contributed by atoms with Crippen molar-refractivity contribution < 1.29 is 9.13 Å². The molecule has 0 aliphatic rings. The molecular weight excluding hydrogens is 249 g/mol. The molecule has 0 saturated carbocycles. The zero-order valence-corrected chi connectivity index (χ0v) is 9.55. The molecule has 4 heteroatoms. The van der Waals surface area contributed by atoms with Crippen LogP contribution in [0.1, 0.15) is 13.3 Å². The molecule has 0 saturated heterocycles. The molecule has 1 rings (SSSR count). The molecule has 0 aromatic heterocycles. The lowest BCUT2D eigenvalue weighted by Gasteiger charge is -2.16. The summed E-state index contributed by atoms with van der Waals surface area (Å²) < 4.78 is 18.9. The Balaban J connectivity index is 2.76. The minimum atomic E-state index is -0.287. The molecule has 0 aliphatic carbocycles. The number of ether oxygens (including phenoxy) is 1. The fourth-order valence-electron chi connectivity index (χ4n) is 1.05. The first-order valence-corrected chi connectivity index (χ1v) is 5.28. The number of rotatable bonds is 4. The summed E-state index contributed by atoms with van der Waals surface area (Å²) in [6.45, 7) is 2.45. The molecule has 0 aliphatic heterocycles. The van der Waals surface area contributed by atoms with Gasteiger partial charge in [0.25, 0.3) is 0 Å². The number of hydrogen-bond acceptors (Lipinski definition) is 2. The quantitative estimate of drug-likeness (QED) is 0.905. The SMILES string of the molecule is CCC(CN)Oc1ccc(F)cc1Br. The van der Waals surface area contributed by atoms with E-state index in [0.29, 0.717) is 16.8 Å². The summed E-state index contributed by atoms with van der Waals surface area (Å²) in [5, 5.41) is 0. The van der Waals surface area contributed by atoms with Crippen molar-refractivity contribution in [2.24, 2.45) is 5.73 Å². The van der Waals surface area contributed by atoms with Gasteiger partial charge in [-0.15, -0.1) is 0 Å². The average molecular weight is 262 g/mol. The van der Waals surface area contributed by atoms with E-state index in [1.54, 1.807) is 6.07 Å². The molecule has 0 spiro atoms. The highest BCUT2D eigenvalue weighted by Crippen LogP contribution is 2.26. The minimum absolute atomic E-state index is 0.0169. The van der Waals surface area contributed by atoms with Crippen molar-refractivity contribution in [1.29, 1.82) is 0 Å². The molecule has 78 valence electrons. The predicted octanol–water partition coefficient (Wildman–Crippen LogP) is 2.70. The maximum absolute atomic E-state index is 12.7. The summed E-state index contributed by atoms with van der Waals surface area (Å²) >= 11 is 3.23. The Morgan fingerprint density at radius 3 is 2.79 bits per heavy atom. The van der Waals surface area contributed by atoms with Gasteiger partial charge in [-0.05, 0) is 40.5 Å². The summed E-state index contributed by atoms with van der Waals surface area (Å²) in [6.07, 6.45) is 0.817. The van der Waals surface area contributed by atoms with Crippen molar-refractivity contribution in [3.63, 3.8) is 0 Å². The van der Waals surface area contributed by atoms with Crippen LogP contribution in [-0.4, -0.2) is 12.6 Å². The third-order valence-corrected chi connectivity index (χ3v) is 2.53. The van der Waals surface area contributed by atoms with Crippen LogP contribution >= 0.6 is 15.9 Å². The molecule has 0 heterocycles. The van der Waals surface area contributed by atoms with Crippen molar-refractivity contribution >= 4 is 15.9 Å². The standard InChI is InChI=1S/C10H13BrFNO/c1-2-8(6-13)14-10-4-3-7(12)5-9(10)11/h3-5,8H,2,6,13H2,1H3. The largest absolute Gasteiger partial charge is 0.488 e. The van der Waals surface area contributed by atoms with Crippen LogP contribution in [0.25, 0.3) is 0 Å². The summed E-state index contributed by atoms with van der Waals surface area (Å²) in [5.41, 5.74) is 5.50. The van der Waals surface area contributed by atoms with Crippen molar-refractivity contribution in [1.82, 2.24) is 0 Å². The van der Waals surface area contributed by atoms with Gasteiger partial charge in [-0.3, -0.25) is 0 Å². The smallest absolute Gasteiger partial charge is 0.134 e. The number of halogens is 2. The fourth-order valence-corrected chi connectivity index (χ4v) is 1.49. The third-order valence-electron chi connectivity index (χ3n) is 1.91. The van der Waals surface area contributed by atoms with E-state index in [2.05, 4.69) is 15.9 Å². The van der Waals surface area contributed by atoms with Crippen molar-refractivity contribution in [2.45, 2.75) is 19.4 Å². The van der Waals surface area contributed by atoms with Crippen molar-refractivity contribution in [3.05, 3.63) is 28.5 Å². The molecule has 0 radical (unpaired) electrons. The molecule has 0 fully saturated rings. The lowest BCUT2D eigenvalue weighted by Crippen LogP contribution is -2.25.